The Hall–Kier alpha value is -1.53. The molecule has 0 atom stereocenters. The fraction of sp³-hybridized carbons (Fsp3) is 0.333. The number of carbonyl (C=O) groups excluding carboxylic acids is 1. The van der Waals surface area contributed by atoms with Crippen molar-refractivity contribution in [2.24, 2.45) is 0 Å². The number of rotatable bonds is 5. The molecule has 3 nitrogen and oxygen atoms in total. The van der Waals surface area contributed by atoms with Crippen LogP contribution in [-0.2, 0) is 0 Å². The van der Waals surface area contributed by atoms with Crippen molar-refractivity contribution in [3.8, 4) is 12.3 Å². The van der Waals surface area contributed by atoms with E-state index in [-0.39, 0.29) is 5.91 Å². The predicted octanol–water partition coefficient (Wildman–Crippen LogP) is 2.27. The van der Waals surface area contributed by atoms with E-state index in [2.05, 4.69) is 16.2 Å². The van der Waals surface area contributed by atoms with E-state index >= 15 is 0 Å². The largest absolute Gasteiger partial charge is 0.352 e. The number of hydrogen-bond donors (Lipinski definition) is 1. The van der Waals surface area contributed by atoms with E-state index in [1.54, 1.807) is 12.1 Å². The fourth-order valence-electron chi connectivity index (χ4n) is 1.20. The molecule has 0 fully saturated rings. The Morgan fingerprint density at radius 3 is 3.06 bits per heavy atom. The summed E-state index contributed by atoms with van der Waals surface area (Å²) in [5, 5.41) is 3.11. The van der Waals surface area contributed by atoms with Crippen molar-refractivity contribution < 1.29 is 4.79 Å². The topological polar surface area (TPSA) is 42.0 Å². The Labute approximate surface area is 100 Å². The molecule has 1 heterocycles. The van der Waals surface area contributed by atoms with Crippen LogP contribution >= 0.6 is 11.6 Å². The summed E-state index contributed by atoms with van der Waals surface area (Å²) in [6.07, 6.45) is 9.18. The maximum Gasteiger partial charge on any atom is 0.251 e. The first kappa shape index (κ1) is 12.5. The molecule has 1 aromatic heterocycles. The highest BCUT2D eigenvalue weighted by Gasteiger charge is 2.04. The quantitative estimate of drug-likeness (QED) is 0.484. The first-order valence-electron chi connectivity index (χ1n) is 5.07. The molecule has 0 bridgehead atoms. The Morgan fingerprint density at radius 1 is 1.56 bits per heavy atom. The summed E-state index contributed by atoms with van der Waals surface area (Å²) in [6, 6.07) is 3.17. The SMILES string of the molecule is C#CCCCCNC(=O)c1ccnc(Cl)c1. The third-order valence-electron chi connectivity index (χ3n) is 2.02. The zero-order valence-corrected chi connectivity index (χ0v) is 9.63. The first-order valence-corrected chi connectivity index (χ1v) is 5.45. The highest BCUT2D eigenvalue weighted by Crippen LogP contribution is 2.06. The number of amides is 1. The summed E-state index contributed by atoms with van der Waals surface area (Å²) in [5.74, 6) is 2.42. The molecule has 1 aromatic rings. The molecule has 0 spiro atoms. The van der Waals surface area contributed by atoms with Crippen LogP contribution in [0.5, 0.6) is 0 Å². The number of terminal acetylenes is 1. The lowest BCUT2D eigenvalue weighted by Crippen LogP contribution is -2.24. The van der Waals surface area contributed by atoms with E-state index in [0.717, 1.165) is 19.3 Å². The molecular weight excluding hydrogens is 224 g/mol. The van der Waals surface area contributed by atoms with Crippen molar-refractivity contribution in [3.63, 3.8) is 0 Å². The van der Waals surface area contributed by atoms with Gasteiger partial charge < -0.3 is 5.32 Å². The summed E-state index contributed by atoms with van der Waals surface area (Å²) in [6.45, 7) is 0.625. The summed E-state index contributed by atoms with van der Waals surface area (Å²) < 4.78 is 0. The first-order chi connectivity index (χ1) is 7.74. The third kappa shape index (κ3) is 4.33. The van der Waals surface area contributed by atoms with E-state index in [9.17, 15) is 4.79 Å². The zero-order chi connectivity index (χ0) is 11.8. The molecule has 0 aliphatic heterocycles. The number of pyridine rings is 1. The summed E-state index contributed by atoms with van der Waals surface area (Å²) in [4.78, 5) is 15.4. The van der Waals surface area contributed by atoms with Gasteiger partial charge in [-0.05, 0) is 25.0 Å². The van der Waals surface area contributed by atoms with Gasteiger partial charge in [-0.25, -0.2) is 4.98 Å². The maximum absolute atomic E-state index is 11.6. The molecule has 1 N–H and O–H groups in total. The molecular formula is C12H13ClN2O. The van der Waals surface area contributed by atoms with Gasteiger partial charge in [-0.3, -0.25) is 4.79 Å². The second-order valence-electron chi connectivity index (χ2n) is 3.28. The third-order valence-corrected chi connectivity index (χ3v) is 2.23. The number of halogens is 1. The molecule has 4 heteroatoms. The molecule has 1 rings (SSSR count). The highest BCUT2D eigenvalue weighted by atomic mass is 35.5. The number of hydrogen-bond acceptors (Lipinski definition) is 2. The standard InChI is InChI=1S/C12H13ClN2O/c1-2-3-4-5-7-15-12(16)10-6-8-14-11(13)9-10/h1,6,8-9H,3-5,7H2,(H,15,16). The van der Waals surface area contributed by atoms with Gasteiger partial charge >= 0.3 is 0 Å². The van der Waals surface area contributed by atoms with Gasteiger partial charge in [0.2, 0.25) is 0 Å². The molecule has 0 aliphatic rings. The van der Waals surface area contributed by atoms with Gasteiger partial charge in [0.05, 0.1) is 0 Å². The van der Waals surface area contributed by atoms with Crippen LogP contribution in [0.1, 0.15) is 29.6 Å². The van der Waals surface area contributed by atoms with Crippen molar-refractivity contribution in [3.05, 3.63) is 29.0 Å². The molecule has 0 saturated carbocycles. The Morgan fingerprint density at radius 2 is 2.38 bits per heavy atom. The minimum Gasteiger partial charge on any atom is -0.352 e. The molecule has 0 aliphatic carbocycles. The van der Waals surface area contributed by atoms with Crippen LogP contribution in [0.15, 0.2) is 18.3 Å². The van der Waals surface area contributed by atoms with Crippen LogP contribution in [0.2, 0.25) is 5.15 Å². The number of aromatic nitrogens is 1. The normalized spacial score (nSPS) is 9.50. The lowest BCUT2D eigenvalue weighted by molar-refractivity contribution is 0.0953. The van der Waals surface area contributed by atoms with Gasteiger partial charge in [0.25, 0.3) is 5.91 Å². The number of nitrogens with one attached hydrogen (secondary N) is 1. The van der Waals surface area contributed by atoms with E-state index in [4.69, 9.17) is 18.0 Å². The summed E-state index contributed by atoms with van der Waals surface area (Å²) in [7, 11) is 0. The average Bonchev–Trinajstić information content (AvgIpc) is 2.28. The van der Waals surface area contributed by atoms with Crippen molar-refractivity contribution in [2.75, 3.05) is 6.54 Å². The molecule has 0 saturated heterocycles. The Balaban J connectivity index is 2.33. The van der Waals surface area contributed by atoms with Gasteiger partial charge in [-0.15, -0.1) is 12.3 Å². The Bertz CT molecular complexity index is 398. The number of carbonyl (C=O) groups is 1. The smallest absolute Gasteiger partial charge is 0.251 e. The van der Waals surface area contributed by atoms with E-state index in [0.29, 0.717) is 17.3 Å². The molecule has 0 radical (unpaired) electrons. The molecule has 1 amide bonds. The van der Waals surface area contributed by atoms with Crippen LogP contribution < -0.4 is 5.32 Å². The van der Waals surface area contributed by atoms with Gasteiger partial charge in [0, 0.05) is 24.7 Å². The van der Waals surface area contributed by atoms with Crippen molar-refractivity contribution in [1.29, 1.82) is 0 Å². The lowest BCUT2D eigenvalue weighted by Gasteiger charge is -2.04. The second-order valence-corrected chi connectivity index (χ2v) is 3.67. The minimum atomic E-state index is -0.134. The molecule has 0 aromatic carbocycles. The summed E-state index contributed by atoms with van der Waals surface area (Å²) >= 11 is 5.68. The van der Waals surface area contributed by atoms with E-state index < -0.39 is 0 Å². The van der Waals surface area contributed by atoms with E-state index in [1.165, 1.54) is 6.20 Å². The van der Waals surface area contributed by atoms with Gasteiger partial charge in [-0.1, -0.05) is 11.6 Å². The van der Waals surface area contributed by atoms with E-state index in [1.807, 2.05) is 0 Å². The average molecular weight is 237 g/mol. The second kappa shape index (κ2) is 6.86. The van der Waals surface area contributed by atoms with Crippen molar-refractivity contribution >= 4 is 17.5 Å². The summed E-state index contributed by atoms with van der Waals surface area (Å²) in [5.41, 5.74) is 0.525. The van der Waals surface area contributed by atoms with Crippen LogP contribution in [0, 0.1) is 12.3 Å². The van der Waals surface area contributed by atoms with Gasteiger partial charge in [0.15, 0.2) is 0 Å². The van der Waals surface area contributed by atoms with Gasteiger partial charge in [0.1, 0.15) is 5.15 Å². The highest BCUT2D eigenvalue weighted by molar-refractivity contribution is 6.29. The molecule has 16 heavy (non-hydrogen) atoms. The fourth-order valence-corrected chi connectivity index (χ4v) is 1.37. The number of nitrogens with zero attached hydrogens (tertiary/aromatic N) is 1. The van der Waals surface area contributed by atoms with Gasteiger partial charge in [-0.2, -0.15) is 0 Å². The Kier molecular flexibility index (Phi) is 5.38. The van der Waals surface area contributed by atoms with Crippen molar-refractivity contribution in [1.82, 2.24) is 10.3 Å². The molecule has 0 unspecified atom stereocenters. The van der Waals surface area contributed by atoms with Crippen LogP contribution in [-0.4, -0.2) is 17.4 Å². The van der Waals surface area contributed by atoms with Crippen LogP contribution in [0.25, 0.3) is 0 Å². The monoisotopic (exact) mass is 236 g/mol. The zero-order valence-electron chi connectivity index (χ0n) is 8.87. The van der Waals surface area contributed by atoms with Crippen LogP contribution in [0.4, 0.5) is 0 Å². The minimum absolute atomic E-state index is 0.134. The maximum atomic E-state index is 11.6. The predicted molar refractivity (Wildman–Crippen MR) is 64.3 cm³/mol. The van der Waals surface area contributed by atoms with Crippen molar-refractivity contribution in [2.45, 2.75) is 19.3 Å². The molecule has 84 valence electrons. The number of unbranched alkanes of at least 4 members (excludes halogenated alkanes) is 2. The lowest BCUT2D eigenvalue weighted by atomic mass is 10.2. The van der Waals surface area contributed by atoms with Crippen LogP contribution in [0.3, 0.4) is 0 Å².